The van der Waals surface area contributed by atoms with Gasteiger partial charge in [0.1, 0.15) is 10.6 Å². The lowest BCUT2D eigenvalue weighted by molar-refractivity contribution is -0.127. The molecule has 0 aliphatic carbocycles. The molecule has 1 aromatic carbocycles. The van der Waals surface area contributed by atoms with Gasteiger partial charge in [0.2, 0.25) is 0 Å². The minimum Gasteiger partial charge on any atom is -0.477 e. The van der Waals surface area contributed by atoms with E-state index in [2.05, 4.69) is 10.3 Å². The van der Waals surface area contributed by atoms with Crippen LogP contribution in [0.2, 0.25) is 0 Å². The third kappa shape index (κ3) is 3.51. The number of hydrogen-bond donors (Lipinski definition) is 1. The number of anilines is 1. The highest BCUT2D eigenvalue weighted by Crippen LogP contribution is 2.35. The van der Waals surface area contributed by atoms with Crippen molar-refractivity contribution >= 4 is 28.8 Å². The summed E-state index contributed by atoms with van der Waals surface area (Å²) in [6.45, 7) is 6.46. The molecular weight excluding hydrogens is 338 g/mol. The standard InChI is InChI=1S/C18H21N3O3S/c1-4-9-19-17(22)15-10-21(13-7-5-6-8-14(13)24-15)18(23)16-11(2)20-12(3)25-16/h5-8,15H,4,9-10H2,1-3H3,(H,19,22). The zero-order valence-electron chi connectivity index (χ0n) is 14.5. The number of rotatable bonds is 4. The monoisotopic (exact) mass is 359 g/mol. The minimum atomic E-state index is -0.722. The van der Waals surface area contributed by atoms with Crippen LogP contribution in [0.25, 0.3) is 0 Å². The second kappa shape index (κ2) is 7.23. The van der Waals surface area contributed by atoms with Crippen molar-refractivity contribution < 1.29 is 14.3 Å². The molecule has 2 heterocycles. The Bertz CT molecular complexity index is 803. The maximum Gasteiger partial charge on any atom is 0.270 e. The van der Waals surface area contributed by atoms with Crippen molar-refractivity contribution in [1.82, 2.24) is 10.3 Å². The van der Waals surface area contributed by atoms with Crippen molar-refractivity contribution in [3.63, 3.8) is 0 Å². The topological polar surface area (TPSA) is 71.5 Å². The van der Waals surface area contributed by atoms with E-state index in [4.69, 9.17) is 4.74 Å². The fourth-order valence-electron chi connectivity index (χ4n) is 2.78. The van der Waals surface area contributed by atoms with E-state index in [0.29, 0.717) is 28.6 Å². The van der Waals surface area contributed by atoms with Gasteiger partial charge in [-0.25, -0.2) is 4.98 Å². The maximum absolute atomic E-state index is 13.1. The molecule has 6 nitrogen and oxygen atoms in total. The van der Waals surface area contributed by atoms with Gasteiger partial charge in [-0.15, -0.1) is 11.3 Å². The first kappa shape index (κ1) is 17.4. The van der Waals surface area contributed by atoms with Crippen LogP contribution in [-0.4, -0.2) is 36.0 Å². The minimum absolute atomic E-state index is 0.146. The van der Waals surface area contributed by atoms with Gasteiger partial charge in [-0.1, -0.05) is 19.1 Å². The molecule has 1 unspecified atom stereocenters. The Morgan fingerprint density at radius 3 is 2.80 bits per heavy atom. The summed E-state index contributed by atoms with van der Waals surface area (Å²) in [5.74, 6) is 0.191. The summed E-state index contributed by atoms with van der Waals surface area (Å²) in [6.07, 6.45) is 0.122. The third-order valence-electron chi connectivity index (χ3n) is 3.96. The lowest BCUT2D eigenvalue weighted by Gasteiger charge is -2.34. The quantitative estimate of drug-likeness (QED) is 0.911. The molecule has 0 bridgehead atoms. The van der Waals surface area contributed by atoms with Crippen molar-refractivity contribution in [3.8, 4) is 5.75 Å². The molecule has 0 saturated heterocycles. The molecule has 1 aliphatic rings. The average Bonchev–Trinajstić information content (AvgIpc) is 2.96. The number of hydrogen-bond acceptors (Lipinski definition) is 5. The molecule has 25 heavy (non-hydrogen) atoms. The van der Waals surface area contributed by atoms with Crippen molar-refractivity contribution in [2.75, 3.05) is 18.0 Å². The van der Waals surface area contributed by atoms with Crippen molar-refractivity contribution in [2.45, 2.75) is 33.3 Å². The summed E-state index contributed by atoms with van der Waals surface area (Å²) >= 11 is 1.37. The number of amides is 2. The molecule has 3 rings (SSSR count). The number of aryl methyl sites for hydroxylation is 2. The first-order chi connectivity index (χ1) is 12.0. The zero-order chi connectivity index (χ0) is 18.0. The Balaban J connectivity index is 1.92. The first-order valence-electron chi connectivity index (χ1n) is 8.30. The van der Waals surface area contributed by atoms with E-state index in [0.717, 1.165) is 11.4 Å². The molecule has 2 aromatic rings. The molecule has 0 spiro atoms. The fraction of sp³-hybridized carbons (Fsp3) is 0.389. The first-order valence-corrected chi connectivity index (χ1v) is 9.12. The Labute approximate surface area is 150 Å². The molecule has 0 saturated carbocycles. The highest BCUT2D eigenvalue weighted by Gasteiger charge is 2.35. The molecular formula is C18H21N3O3S. The van der Waals surface area contributed by atoms with E-state index in [-0.39, 0.29) is 18.4 Å². The lowest BCUT2D eigenvalue weighted by Crippen LogP contribution is -2.50. The summed E-state index contributed by atoms with van der Waals surface area (Å²) in [5, 5.41) is 3.68. The third-order valence-corrected chi connectivity index (χ3v) is 5.02. The van der Waals surface area contributed by atoms with Crippen LogP contribution < -0.4 is 15.0 Å². The number of benzene rings is 1. The molecule has 1 aliphatic heterocycles. The van der Waals surface area contributed by atoms with Crippen molar-refractivity contribution in [2.24, 2.45) is 0 Å². The van der Waals surface area contributed by atoms with E-state index < -0.39 is 6.10 Å². The molecule has 1 atom stereocenters. The van der Waals surface area contributed by atoms with E-state index in [1.807, 2.05) is 39.0 Å². The number of carbonyl (C=O) groups is 2. The summed E-state index contributed by atoms with van der Waals surface area (Å²) in [6, 6.07) is 7.29. The van der Waals surface area contributed by atoms with Gasteiger partial charge in [0.15, 0.2) is 6.10 Å². The number of thiazole rings is 1. The van der Waals surface area contributed by atoms with Crippen molar-refractivity contribution in [1.29, 1.82) is 0 Å². The number of para-hydroxylation sites is 2. The van der Waals surface area contributed by atoms with Gasteiger partial charge in [-0.05, 0) is 32.4 Å². The molecule has 0 fully saturated rings. The largest absolute Gasteiger partial charge is 0.477 e. The summed E-state index contributed by atoms with van der Waals surface area (Å²) in [4.78, 5) is 32.0. The predicted molar refractivity (Wildman–Crippen MR) is 97.4 cm³/mol. The van der Waals surface area contributed by atoms with E-state index >= 15 is 0 Å². The normalized spacial score (nSPS) is 16.1. The molecule has 0 radical (unpaired) electrons. The van der Waals surface area contributed by atoms with Gasteiger partial charge in [-0.2, -0.15) is 0 Å². The number of nitrogens with one attached hydrogen (secondary N) is 1. The van der Waals surface area contributed by atoms with Crippen LogP contribution in [0, 0.1) is 13.8 Å². The predicted octanol–water partition coefficient (Wildman–Crippen LogP) is 2.69. The summed E-state index contributed by atoms with van der Waals surface area (Å²) in [7, 11) is 0. The van der Waals surface area contributed by atoms with Crippen LogP contribution in [0.5, 0.6) is 5.75 Å². The number of fused-ring (bicyclic) bond motifs is 1. The molecule has 1 N–H and O–H groups in total. The number of aromatic nitrogens is 1. The van der Waals surface area contributed by atoms with Crippen molar-refractivity contribution in [3.05, 3.63) is 39.8 Å². The molecule has 2 amide bonds. The summed E-state index contributed by atoms with van der Waals surface area (Å²) < 4.78 is 5.82. The van der Waals surface area contributed by atoms with E-state index in [1.54, 1.807) is 11.0 Å². The molecule has 132 valence electrons. The molecule has 1 aromatic heterocycles. The van der Waals surface area contributed by atoms with Crippen LogP contribution in [0.15, 0.2) is 24.3 Å². The zero-order valence-corrected chi connectivity index (χ0v) is 15.4. The Kier molecular flexibility index (Phi) is 5.03. The maximum atomic E-state index is 13.1. The average molecular weight is 359 g/mol. The van der Waals surface area contributed by atoms with Gasteiger partial charge in [0, 0.05) is 6.54 Å². The highest BCUT2D eigenvalue weighted by molar-refractivity contribution is 7.13. The van der Waals surface area contributed by atoms with Crippen LogP contribution in [-0.2, 0) is 4.79 Å². The van der Waals surface area contributed by atoms with Gasteiger partial charge in [-0.3, -0.25) is 14.5 Å². The second-order valence-corrected chi connectivity index (χ2v) is 7.13. The van der Waals surface area contributed by atoms with Crippen LogP contribution in [0.3, 0.4) is 0 Å². The lowest BCUT2D eigenvalue weighted by atomic mass is 10.1. The van der Waals surface area contributed by atoms with E-state index in [9.17, 15) is 9.59 Å². The fourth-order valence-corrected chi connectivity index (χ4v) is 3.65. The van der Waals surface area contributed by atoms with Gasteiger partial charge < -0.3 is 10.1 Å². The van der Waals surface area contributed by atoms with Gasteiger partial charge in [0.05, 0.1) is 22.9 Å². The Hall–Kier alpha value is -2.41. The van der Waals surface area contributed by atoms with E-state index in [1.165, 1.54) is 11.3 Å². The highest BCUT2D eigenvalue weighted by atomic mass is 32.1. The number of ether oxygens (including phenoxy) is 1. The Morgan fingerprint density at radius 2 is 2.12 bits per heavy atom. The number of nitrogens with zero attached hydrogens (tertiary/aromatic N) is 2. The van der Waals surface area contributed by atoms with Crippen LogP contribution in [0.4, 0.5) is 5.69 Å². The van der Waals surface area contributed by atoms with Gasteiger partial charge >= 0.3 is 0 Å². The summed E-state index contributed by atoms with van der Waals surface area (Å²) in [5.41, 5.74) is 1.39. The molecule has 7 heteroatoms. The second-order valence-electron chi connectivity index (χ2n) is 5.93. The smallest absolute Gasteiger partial charge is 0.270 e. The van der Waals surface area contributed by atoms with Crippen LogP contribution >= 0.6 is 11.3 Å². The Morgan fingerprint density at radius 1 is 1.36 bits per heavy atom. The van der Waals surface area contributed by atoms with Crippen LogP contribution in [0.1, 0.15) is 33.7 Å². The SMILES string of the molecule is CCCNC(=O)C1CN(C(=O)c2sc(C)nc2C)c2ccccc2O1. The van der Waals surface area contributed by atoms with Gasteiger partial charge in [0.25, 0.3) is 11.8 Å². The number of carbonyl (C=O) groups excluding carboxylic acids is 2.